The largest absolute Gasteiger partial charge is 0.366 e. The van der Waals surface area contributed by atoms with E-state index in [4.69, 9.17) is 11.6 Å². The average Bonchev–Trinajstić information content (AvgIpc) is 2.94. The van der Waals surface area contributed by atoms with Gasteiger partial charge in [-0.3, -0.25) is 9.59 Å². The number of carbonyl (C=O) groups is 2. The van der Waals surface area contributed by atoms with E-state index in [2.05, 4.69) is 18.7 Å². The Hall–Kier alpha value is -2.59. The van der Waals surface area contributed by atoms with Crippen LogP contribution < -0.4 is 4.90 Å². The molecule has 2 aliphatic heterocycles. The van der Waals surface area contributed by atoms with Gasteiger partial charge in [0.15, 0.2) is 0 Å². The van der Waals surface area contributed by atoms with Gasteiger partial charge in [-0.25, -0.2) is 4.90 Å². The molecule has 4 nitrogen and oxygen atoms in total. The maximum Gasteiger partial charge on any atom is 0.282 e. The highest BCUT2D eigenvalue weighted by Gasteiger charge is 2.43. The van der Waals surface area contributed by atoms with Crippen LogP contribution in [-0.4, -0.2) is 29.8 Å². The van der Waals surface area contributed by atoms with E-state index in [0.29, 0.717) is 33.8 Å². The van der Waals surface area contributed by atoms with Gasteiger partial charge in [0.05, 0.1) is 11.3 Å². The molecule has 0 aromatic heterocycles. The first-order chi connectivity index (χ1) is 14.3. The molecule has 0 N–H and O–H groups in total. The molecule has 0 spiro atoms. The van der Waals surface area contributed by atoms with Crippen LogP contribution in [0.25, 0.3) is 5.57 Å². The summed E-state index contributed by atoms with van der Waals surface area (Å²) in [7, 11) is 0. The summed E-state index contributed by atoms with van der Waals surface area (Å²) in [5.41, 5.74) is 4.63. The van der Waals surface area contributed by atoms with Crippen molar-refractivity contribution in [2.75, 3.05) is 18.0 Å². The Kier molecular flexibility index (Phi) is 5.46. The number of likely N-dealkylation sites (tertiary alicyclic amines) is 1. The molecule has 2 unspecified atom stereocenters. The number of amides is 2. The van der Waals surface area contributed by atoms with Crippen LogP contribution in [0.3, 0.4) is 0 Å². The minimum atomic E-state index is -0.272. The van der Waals surface area contributed by atoms with Crippen LogP contribution in [0.15, 0.2) is 48.2 Å². The Labute approximate surface area is 183 Å². The zero-order chi connectivity index (χ0) is 21.6. The molecular weight excluding hydrogens is 396 g/mol. The molecule has 2 aromatic carbocycles. The van der Waals surface area contributed by atoms with Crippen molar-refractivity contribution in [1.82, 2.24) is 4.90 Å². The molecule has 2 aromatic rings. The van der Waals surface area contributed by atoms with Gasteiger partial charge in [0, 0.05) is 18.1 Å². The molecule has 4 rings (SSSR count). The van der Waals surface area contributed by atoms with Crippen LogP contribution in [0.4, 0.5) is 5.69 Å². The van der Waals surface area contributed by atoms with Crippen molar-refractivity contribution in [3.05, 3.63) is 69.9 Å². The van der Waals surface area contributed by atoms with Gasteiger partial charge in [0.25, 0.3) is 11.8 Å². The Morgan fingerprint density at radius 2 is 1.50 bits per heavy atom. The number of anilines is 1. The number of benzene rings is 2. The van der Waals surface area contributed by atoms with Crippen LogP contribution in [0.2, 0.25) is 5.02 Å². The third-order valence-electron chi connectivity index (χ3n) is 6.12. The van der Waals surface area contributed by atoms with E-state index in [9.17, 15) is 9.59 Å². The van der Waals surface area contributed by atoms with Crippen LogP contribution in [-0.2, 0) is 9.59 Å². The van der Waals surface area contributed by atoms with Crippen LogP contribution >= 0.6 is 11.6 Å². The molecule has 2 heterocycles. The standard InChI is InChI=1S/C25H27ClN2O2/c1-15-11-16(2)14-27(13-15)23-22(19-6-5-17(3)18(4)12-19)24(29)28(25(23)30)21-9-7-20(26)8-10-21/h5-10,12,15-16H,11,13-14H2,1-4H3. The summed E-state index contributed by atoms with van der Waals surface area (Å²) in [6.07, 6.45) is 1.13. The maximum atomic E-state index is 13.6. The maximum absolute atomic E-state index is 13.6. The number of rotatable bonds is 3. The second-order valence-electron chi connectivity index (χ2n) is 8.80. The molecule has 30 heavy (non-hydrogen) atoms. The van der Waals surface area contributed by atoms with Gasteiger partial charge in [-0.15, -0.1) is 0 Å². The molecule has 1 saturated heterocycles. The second kappa shape index (κ2) is 7.92. The number of carbonyl (C=O) groups excluding carboxylic acids is 2. The topological polar surface area (TPSA) is 40.6 Å². The summed E-state index contributed by atoms with van der Waals surface area (Å²) in [5, 5.41) is 0.569. The van der Waals surface area contributed by atoms with Crippen molar-refractivity contribution in [3.8, 4) is 0 Å². The van der Waals surface area contributed by atoms with Crippen molar-refractivity contribution in [1.29, 1.82) is 0 Å². The number of aryl methyl sites for hydroxylation is 2. The van der Waals surface area contributed by atoms with E-state index in [1.54, 1.807) is 24.3 Å². The molecule has 2 aliphatic rings. The van der Waals surface area contributed by atoms with E-state index < -0.39 is 0 Å². The number of nitrogens with zero attached hydrogens (tertiary/aromatic N) is 2. The minimum Gasteiger partial charge on any atom is -0.366 e. The first-order valence-corrected chi connectivity index (χ1v) is 10.8. The quantitative estimate of drug-likeness (QED) is 0.637. The van der Waals surface area contributed by atoms with E-state index in [1.165, 1.54) is 4.90 Å². The number of imide groups is 1. The van der Waals surface area contributed by atoms with Gasteiger partial charge in [-0.1, -0.05) is 43.6 Å². The molecule has 1 fully saturated rings. The van der Waals surface area contributed by atoms with Gasteiger partial charge in [0.2, 0.25) is 0 Å². The van der Waals surface area contributed by atoms with Gasteiger partial charge in [-0.2, -0.15) is 0 Å². The highest BCUT2D eigenvalue weighted by atomic mass is 35.5. The lowest BCUT2D eigenvalue weighted by Crippen LogP contribution is -2.42. The van der Waals surface area contributed by atoms with Crippen LogP contribution in [0.1, 0.15) is 37.0 Å². The Bertz CT molecular complexity index is 1030. The highest BCUT2D eigenvalue weighted by Crippen LogP contribution is 2.37. The summed E-state index contributed by atoms with van der Waals surface area (Å²) in [6, 6.07) is 12.8. The molecule has 2 amide bonds. The van der Waals surface area contributed by atoms with Crippen molar-refractivity contribution in [3.63, 3.8) is 0 Å². The first-order valence-electron chi connectivity index (χ1n) is 10.5. The van der Waals surface area contributed by atoms with Crippen LogP contribution in [0, 0.1) is 25.7 Å². The molecule has 0 saturated carbocycles. The highest BCUT2D eigenvalue weighted by molar-refractivity contribution is 6.45. The fourth-order valence-corrected chi connectivity index (χ4v) is 4.76. The summed E-state index contributed by atoms with van der Waals surface area (Å²) >= 11 is 6.02. The number of hydrogen-bond donors (Lipinski definition) is 0. The fraction of sp³-hybridized carbons (Fsp3) is 0.360. The molecule has 5 heteroatoms. The van der Waals surface area contributed by atoms with Gasteiger partial charge < -0.3 is 4.90 Å². The second-order valence-corrected chi connectivity index (χ2v) is 9.23. The van der Waals surface area contributed by atoms with Crippen molar-refractivity contribution < 1.29 is 9.59 Å². The molecule has 0 radical (unpaired) electrons. The summed E-state index contributed by atoms with van der Waals surface area (Å²) in [6.45, 7) is 10.0. The van der Waals surface area contributed by atoms with Crippen LogP contribution in [0.5, 0.6) is 0 Å². The zero-order valence-corrected chi connectivity index (χ0v) is 18.7. The minimum absolute atomic E-state index is 0.253. The molecule has 0 aliphatic carbocycles. The third kappa shape index (κ3) is 3.65. The van der Waals surface area contributed by atoms with E-state index in [1.807, 2.05) is 32.0 Å². The van der Waals surface area contributed by atoms with Crippen molar-refractivity contribution in [2.24, 2.45) is 11.8 Å². The van der Waals surface area contributed by atoms with Gasteiger partial charge >= 0.3 is 0 Å². The van der Waals surface area contributed by atoms with Gasteiger partial charge in [-0.05, 0) is 73.1 Å². The predicted molar refractivity (Wildman–Crippen MR) is 121 cm³/mol. The first kappa shape index (κ1) is 20.7. The SMILES string of the molecule is Cc1ccc(C2=C(N3CC(C)CC(C)C3)C(=O)N(c3ccc(Cl)cc3)C2=O)cc1C. The lowest BCUT2D eigenvalue weighted by molar-refractivity contribution is -0.120. The number of piperidine rings is 1. The molecule has 156 valence electrons. The van der Waals surface area contributed by atoms with Crippen molar-refractivity contribution in [2.45, 2.75) is 34.1 Å². The smallest absolute Gasteiger partial charge is 0.282 e. The van der Waals surface area contributed by atoms with E-state index in [-0.39, 0.29) is 11.8 Å². The number of halogens is 1. The average molecular weight is 423 g/mol. The Morgan fingerprint density at radius 1 is 0.867 bits per heavy atom. The third-order valence-corrected chi connectivity index (χ3v) is 6.38. The lowest BCUT2D eigenvalue weighted by atomic mass is 9.90. The molecule has 0 bridgehead atoms. The molecule has 2 atom stereocenters. The Balaban J connectivity index is 1.85. The van der Waals surface area contributed by atoms with Gasteiger partial charge in [0.1, 0.15) is 5.70 Å². The number of hydrogen-bond acceptors (Lipinski definition) is 3. The summed E-state index contributed by atoms with van der Waals surface area (Å²) in [5.74, 6) is 0.410. The summed E-state index contributed by atoms with van der Waals surface area (Å²) in [4.78, 5) is 30.6. The van der Waals surface area contributed by atoms with E-state index in [0.717, 1.165) is 36.2 Å². The summed E-state index contributed by atoms with van der Waals surface area (Å²) < 4.78 is 0. The van der Waals surface area contributed by atoms with Crippen molar-refractivity contribution >= 4 is 34.7 Å². The normalized spacial score (nSPS) is 22.3. The lowest BCUT2D eigenvalue weighted by Gasteiger charge is -2.37. The Morgan fingerprint density at radius 3 is 2.10 bits per heavy atom. The molecular formula is C25H27ClN2O2. The van der Waals surface area contributed by atoms with E-state index >= 15 is 0 Å². The monoisotopic (exact) mass is 422 g/mol. The predicted octanol–water partition coefficient (Wildman–Crippen LogP) is 5.22. The zero-order valence-electron chi connectivity index (χ0n) is 17.9. The fourth-order valence-electron chi connectivity index (χ4n) is 4.64.